The zero-order valence-corrected chi connectivity index (χ0v) is 12.7. The van der Waals surface area contributed by atoms with Crippen LogP contribution in [0, 0.1) is 0 Å². The van der Waals surface area contributed by atoms with Gasteiger partial charge in [0, 0.05) is 24.8 Å². The molecule has 2 unspecified atom stereocenters. The van der Waals surface area contributed by atoms with Crippen LogP contribution in [-0.2, 0) is 11.3 Å². The quantitative estimate of drug-likeness (QED) is 0.937. The Morgan fingerprint density at radius 3 is 3.00 bits per heavy atom. The highest BCUT2D eigenvalue weighted by atomic mass is 16.5. The standard InChI is InChI=1S/C17H23N3O/c1-13-6-5-8-15(19-13)17-10-18-12-20(17)16-9-4-3-7-14(16)11-21-2/h3-4,7,9-10,12-13,15,19H,5-6,8,11H2,1-2H3. The first-order valence-electron chi connectivity index (χ1n) is 7.65. The van der Waals surface area contributed by atoms with Crippen LogP contribution in [0.4, 0.5) is 0 Å². The van der Waals surface area contributed by atoms with Crippen molar-refractivity contribution in [3.63, 3.8) is 0 Å². The molecule has 1 fully saturated rings. The molecule has 0 bridgehead atoms. The van der Waals surface area contributed by atoms with Crippen LogP contribution in [-0.4, -0.2) is 22.7 Å². The Morgan fingerprint density at radius 2 is 2.19 bits per heavy atom. The number of nitrogens with one attached hydrogen (secondary N) is 1. The van der Waals surface area contributed by atoms with Crippen LogP contribution in [0.15, 0.2) is 36.8 Å². The van der Waals surface area contributed by atoms with Crippen LogP contribution in [0.2, 0.25) is 0 Å². The third-order valence-electron chi connectivity index (χ3n) is 4.19. The van der Waals surface area contributed by atoms with Gasteiger partial charge < -0.3 is 14.6 Å². The average molecular weight is 285 g/mol. The molecule has 21 heavy (non-hydrogen) atoms. The van der Waals surface area contributed by atoms with E-state index in [1.54, 1.807) is 7.11 Å². The van der Waals surface area contributed by atoms with Crippen LogP contribution < -0.4 is 5.32 Å². The molecule has 4 nitrogen and oxygen atoms in total. The van der Waals surface area contributed by atoms with E-state index in [0.717, 1.165) is 5.69 Å². The van der Waals surface area contributed by atoms with E-state index >= 15 is 0 Å². The van der Waals surface area contributed by atoms with Crippen molar-refractivity contribution < 1.29 is 4.74 Å². The number of imidazole rings is 1. The molecule has 0 saturated carbocycles. The van der Waals surface area contributed by atoms with Gasteiger partial charge in [-0.1, -0.05) is 18.2 Å². The predicted molar refractivity (Wildman–Crippen MR) is 83.5 cm³/mol. The molecule has 0 radical (unpaired) electrons. The Kier molecular flexibility index (Phi) is 4.36. The van der Waals surface area contributed by atoms with Crippen LogP contribution in [0.3, 0.4) is 0 Å². The summed E-state index contributed by atoms with van der Waals surface area (Å²) in [5.41, 5.74) is 3.58. The van der Waals surface area contributed by atoms with Crippen molar-refractivity contribution in [2.24, 2.45) is 0 Å². The summed E-state index contributed by atoms with van der Waals surface area (Å²) in [7, 11) is 1.73. The first kappa shape index (κ1) is 14.3. The summed E-state index contributed by atoms with van der Waals surface area (Å²) in [5.74, 6) is 0. The molecule has 112 valence electrons. The van der Waals surface area contributed by atoms with E-state index in [9.17, 15) is 0 Å². The molecule has 1 N–H and O–H groups in total. The normalized spacial score (nSPS) is 22.4. The maximum atomic E-state index is 5.32. The third kappa shape index (κ3) is 3.01. The fraction of sp³-hybridized carbons (Fsp3) is 0.471. The van der Waals surface area contributed by atoms with Crippen molar-refractivity contribution >= 4 is 0 Å². The van der Waals surface area contributed by atoms with E-state index in [-0.39, 0.29) is 0 Å². The monoisotopic (exact) mass is 285 g/mol. The molecule has 0 amide bonds. The van der Waals surface area contributed by atoms with E-state index in [2.05, 4.69) is 46.1 Å². The largest absolute Gasteiger partial charge is 0.380 e. The number of hydrogen-bond acceptors (Lipinski definition) is 3. The number of para-hydroxylation sites is 1. The minimum absolute atomic E-state index is 0.381. The Bertz CT molecular complexity index is 593. The fourth-order valence-corrected chi connectivity index (χ4v) is 3.16. The number of benzene rings is 1. The molecule has 0 spiro atoms. The van der Waals surface area contributed by atoms with Crippen LogP contribution >= 0.6 is 0 Å². The highest BCUT2D eigenvalue weighted by Crippen LogP contribution is 2.28. The number of rotatable bonds is 4. The molecule has 1 aliphatic rings. The molecule has 1 saturated heterocycles. The second-order valence-electron chi connectivity index (χ2n) is 5.80. The zero-order valence-electron chi connectivity index (χ0n) is 12.7. The maximum Gasteiger partial charge on any atom is 0.0994 e. The summed E-state index contributed by atoms with van der Waals surface area (Å²) in [6.45, 7) is 2.87. The first-order chi connectivity index (χ1) is 10.3. The molecule has 2 aromatic rings. The highest BCUT2D eigenvalue weighted by Gasteiger charge is 2.23. The van der Waals surface area contributed by atoms with Crippen molar-refractivity contribution in [3.05, 3.63) is 48.0 Å². The van der Waals surface area contributed by atoms with Gasteiger partial charge in [0.25, 0.3) is 0 Å². The van der Waals surface area contributed by atoms with E-state index < -0.39 is 0 Å². The molecule has 1 aromatic carbocycles. The van der Waals surface area contributed by atoms with Crippen molar-refractivity contribution in [2.45, 2.75) is 44.9 Å². The number of piperidine rings is 1. The van der Waals surface area contributed by atoms with Crippen molar-refractivity contribution in [1.29, 1.82) is 0 Å². The minimum atomic E-state index is 0.381. The summed E-state index contributed by atoms with van der Waals surface area (Å²) in [6, 6.07) is 9.31. The highest BCUT2D eigenvalue weighted by molar-refractivity contribution is 5.42. The molecular formula is C17H23N3O. The summed E-state index contributed by atoms with van der Waals surface area (Å²) in [5, 5.41) is 3.69. The number of ether oxygens (including phenoxy) is 1. The summed E-state index contributed by atoms with van der Waals surface area (Å²) >= 11 is 0. The average Bonchev–Trinajstić information content (AvgIpc) is 2.97. The van der Waals surface area contributed by atoms with Gasteiger partial charge >= 0.3 is 0 Å². The lowest BCUT2D eigenvalue weighted by molar-refractivity contribution is 0.184. The lowest BCUT2D eigenvalue weighted by atomic mass is 9.97. The second kappa shape index (κ2) is 6.41. The second-order valence-corrected chi connectivity index (χ2v) is 5.80. The Balaban J connectivity index is 1.95. The van der Waals surface area contributed by atoms with E-state index in [1.165, 1.54) is 30.5 Å². The minimum Gasteiger partial charge on any atom is -0.380 e. The van der Waals surface area contributed by atoms with Gasteiger partial charge in [0.2, 0.25) is 0 Å². The fourth-order valence-electron chi connectivity index (χ4n) is 3.16. The SMILES string of the molecule is COCc1ccccc1-n1cncc1C1CCCC(C)N1. The van der Waals surface area contributed by atoms with Gasteiger partial charge in [0.05, 0.1) is 30.5 Å². The summed E-state index contributed by atoms with van der Waals surface area (Å²) in [4.78, 5) is 4.38. The summed E-state index contributed by atoms with van der Waals surface area (Å²) < 4.78 is 7.52. The van der Waals surface area contributed by atoms with E-state index in [0.29, 0.717) is 18.7 Å². The van der Waals surface area contributed by atoms with Gasteiger partial charge in [-0.25, -0.2) is 4.98 Å². The van der Waals surface area contributed by atoms with E-state index in [4.69, 9.17) is 4.74 Å². The molecule has 4 heteroatoms. The van der Waals surface area contributed by atoms with Gasteiger partial charge in [-0.05, 0) is 32.3 Å². The molecule has 2 heterocycles. The lowest BCUT2D eigenvalue weighted by Crippen LogP contribution is -2.35. The molecule has 1 aromatic heterocycles. The van der Waals surface area contributed by atoms with Gasteiger partial charge in [0.15, 0.2) is 0 Å². The van der Waals surface area contributed by atoms with Crippen molar-refractivity contribution in [3.8, 4) is 5.69 Å². The molecule has 1 aliphatic heterocycles. The van der Waals surface area contributed by atoms with Crippen LogP contribution in [0.5, 0.6) is 0 Å². The molecule has 3 rings (SSSR count). The van der Waals surface area contributed by atoms with Gasteiger partial charge in [-0.2, -0.15) is 0 Å². The summed E-state index contributed by atoms with van der Waals surface area (Å²) in [6.07, 6.45) is 7.58. The van der Waals surface area contributed by atoms with Crippen molar-refractivity contribution in [1.82, 2.24) is 14.9 Å². The van der Waals surface area contributed by atoms with Gasteiger partial charge in [-0.3, -0.25) is 0 Å². The van der Waals surface area contributed by atoms with Gasteiger partial charge in [-0.15, -0.1) is 0 Å². The molecule has 0 aliphatic carbocycles. The number of methoxy groups -OCH3 is 1. The smallest absolute Gasteiger partial charge is 0.0994 e. The van der Waals surface area contributed by atoms with Crippen molar-refractivity contribution in [2.75, 3.05) is 7.11 Å². The Morgan fingerprint density at radius 1 is 1.33 bits per heavy atom. The molecule has 2 atom stereocenters. The van der Waals surface area contributed by atoms with Crippen LogP contribution in [0.1, 0.15) is 43.5 Å². The number of hydrogen-bond donors (Lipinski definition) is 1. The van der Waals surface area contributed by atoms with Gasteiger partial charge in [0.1, 0.15) is 0 Å². The first-order valence-corrected chi connectivity index (χ1v) is 7.65. The molecular weight excluding hydrogens is 262 g/mol. The van der Waals surface area contributed by atoms with Crippen LogP contribution in [0.25, 0.3) is 5.69 Å². The predicted octanol–water partition coefficient (Wildman–Crippen LogP) is 3.22. The zero-order chi connectivity index (χ0) is 14.7. The number of aromatic nitrogens is 2. The third-order valence-corrected chi connectivity index (χ3v) is 4.19. The number of nitrogens with zero attached hydrogens (tertiary/aromatic N) is 2. The lowest BCUT2D eigenvalue weighted by Gasteiger charge is -2.29. The maximum absolute atomic E-state index is 5.32. The topological polar surface area (TPSA) is 39.1 Å². The van der Waals surface area contributed by atoms with E-state index in [1.807, 2.05) is 12.5 Å². The Labute approximate surface area is 126 Å². The Hall–Kier alpha value is -1.65.